The molecule has 0 aliphatic carbocycles. The zero-order valence-corrected chi connectivity index (χ0v) is 31.3. The fourth-order valence-electron chi connectivity index (χ4n) is 9.92. The Morgan fingerprint density at radius 2 is 1.87 bits per heavy atom. The van der Waals surface area contributed by atoms with Gasteiger partial charge in [-0.25, -0.2) is 0 Å². The van der Waals surface area contributed by atoms with E-state index in [9.17, 15) is 25.4 Å². The lowest BCUT2D eigenvalue weighted by atomic mass is 9.72. The number of methoxy groups -OCH3 is 2. The minimum Gasteiger partial charge on any atom is -0.504 e. The van der Waals surface area contributed by atoms with Gasteiger partial charge in [0.2, 0.25) is 6.79 Å². The average Bonchev–Trinajstić information content (AvgIpc) is 3.64. The van der Waals surface area contributed by atoms with Crippen molar-refractivity contribution in [1.29, 1.82) is 5.26 Å². The van der Waals surface area contributed by atoms with Crippen LogP contribution in [0.15, 0.2) is 18.2 Å². The van der Waals surface area contributed by atoms with E-state index in [-0.39, 0.29) is 42.4 Å². The summed E-state index contributed by atoms with van der Waals surface area (Å²) in [6, 6.07) is 5.36. The molecule has 0 aromatic heterocycles. The maximum absolute atomic E-state index is 12.9. The first-order chi connectivity index (χ1) is 26.0. The number of nitrogens with one attached hydrogen (secondary N) is 2. The van der Waals surface area contributed by atoms with Crippen LogP contribution in [-0.2, 0) is 27.9 Å². The third-order valence-corrected chi connectivity index (χ3v) is 13.6. The number of phenolic OH excluding ortho intramolecular Hbond substituents is 2. The molecule has 3 aromatic rings. The van der Waals surface area contributed by atoms with E-state index >= 15 is 0 Å². The van der Waals surface area contributed by atoms with E-state index in [0.717, 1.165) is 22.3 Å². The molecule has 0 radical (unpaired) electrons. The molecule has 5 N–H and O–H groups in total. The Hall–Kier alpha value is -4.43. The van der Waals surface area contributed by atoms with E-state index in [1.165, 1.54) is 32.9 Å². The molecular formula is C39H42N4O10S. The predicted octanol–water partition coefficient (Wildman–Crippen LogP) is 3.44. The van der Waals surface area contributed by atoms with Gasteiger partial charge in [-0.1, -0.05) is 6.07 Å². The van der Waals surface area contributed by atoms with Gasteiger partial charge < -0.3 is 54.4 Å². The third kappa shape index (κ3) is 4.87. The number of hydrogen-bond donors (Lipinski definition) is 5. The maximum Gasteiger partial charge on any atom is 0.308 e. The first-order valence-corrected chi connectivity index (χ1v) is 19.1. The van der Waals surface area contributed by atoms with Crippen molar-refractivity contribution in [2.45, 2.75) is 80.9 Å². The second-order valence-corrected chi connectivity index (χ2v) is 15.9. The van der Waals surface area contributed by atoms with Crippen molar-refractivity contribution in [2.75, 3.05) is 39.9 Å². The van der Waals surface area contributed by atoms with Crippen LogP contribution in [0.1, 0.15) is 68.8 Å². The molecule has 0 amide bonds. The van der Waals surface area contributed by atoms with Crippen molar-refractivity contribution in [1.82, 2.24) is 15.5 Å². The number of piperazine rings is 1. The fraction of sp³-hybridized carbons (Fsp3) is 0.487. The fourth-order valence-corrected chi connectivity index (χ4v) is 11.7. The number of aliphatic hydroxyl groups excluding tert-OH is 1. The zero-order valence-electron chi connectivity index (χ0n) is 30.5. The van der Waals surface area contributed by atoms with Gasteiger partial charge in [-0.15, -0.1) is 11.8 Å². The van der Waals surface area contributed by atoms with E-state index in [2.05, 4.69) is 21.6 Å². The molecular weight excluding hydrogens is 717 g/mol. The lowest BCUT2D eigenvalue weighted by Crippen LogP contribution is -2.69. The van der Waals surface area contributed by atoms with Gasteiger partial charge in [0.1, 0.15) is 17.3 Å². The molecule has 284 valence electrons. The summed E-state index contributed by atoms with van der Waals surface area (Å²) in [6.07, 6.45) is -0.288. The van der Waals surface area contributed by atoms with Crippen LogP contribution in [-0.4, -0.2) is 90.5 Å². The molecule has 14 nitrogen and oxygen atoms in total. The molecule has 4 bridgehead atoms. The molecule has 54 heavy (non-hydrogen) atoms. The molecule has 8 atom stereocenters. The number of esters is 1. The number of nitrogens with zero attached hydrogens (tertiary/aromatic N) is 2. The number of aliphatic hydroxyl groups is 1. The van der Waals surface area contributed by atoms with E-state index in [4.69, 9.17) is 28.4 Å². The Kier molecular flexibility index (Phi) is 8.38. The number of aromatic hydroxyl groups is 2. The van der Waals surface area contributed by atoms with Gasteiger partial charge in [-0.3, -0.25) is 9.69 Å². The van der Waals surface area contributed by atoms with Gasteiger partial charge in [0.25, 0.3) is 0 Å². The van der Waals surface area contributed by atoms with Crippen LogP contribution in [0.5, 0.6) is 40.2 Å². The SMILES string of the molecule is COc1cc2c(cc1O)CCNC21CS[C@@H]2c3c(OC(C)=O)c(C)c4c(c3[C@H](COC1O)N1C2[C@@H]2N[C@@H](Cc3cc(C)c(OC)c(O)c32)[C@@H]1C#N)OCO4. The minimum absolute atomic E-state index is 0.00393. The first kappa shape index (κ1) is 35.3. The molecule has 7 heterocycles. The Balaban J connectivity index is 1.32. The van der Waals surface area contributed by atoms with Gasteiger partial charge in [-0.2, -0.15) is 5.26 Å². The number of ether oxygens (including phenoxy) is 6. The molecule has 7 aliphatic rings. The number of aryl methyl sites for hydroxylation is 1. The number of carbonyl (C=O) groups is 1. The number of thioether (sulfide) groups is 1. The summed E-state index contributed by atoms with van der Waals surface area (Å²) in [7, 11) is 3.02. The van der Waals surface area contributed by atoms with E-state index < -0.39 is 47.2 Å². The number of fused-ring (bicyclic) bond motifs is 9. The molecule has 15 heteroatoms. The maximum atomic E-state index is 12.9. The molecule has 7 aliphatic heterocycles. The largest absolute Gasteiger partial charge is 0.504 e. The smallest absolute Gasteiger partial charge is 0.308 e. The average molecular weight is 759 g/mol. The summed E-state index contributed by atoms with van der Waals surface area (Å²) in [5.41, 5.74) is 4.81. The molecule has 1 spiro atoms. The summed E-state index contributed by atoms with van der Waals surface area (Å²) >= 11 is 1.53. The number of nitriles is 1. The zero-order chi connectivity index (χ0) is 37.8. The van der Waals surface area contributed by atoms with Crippen LogP contribution in [0.3, 0.4) is 0 Å². The number of benzene rings is 3. The predicted molar refractivity (Wildman–Crippen MR) is 194 cm³/mol. The quantitative estimate of drug-likeness (QED) is 0.193. The van der Waals surface area contributed by atoms with Crippen LogP contribution < -0.4 is 34.3 Å². The van der Waals surface area contributed by atoms with Crippen LogP contribution in [0.2, 0.25) is 0 Å². The van der Waals surface area contributed by atoms with Crippen LogP contribution in [0.25, 0.3) is 0 Å². The summed E-state index contributed by atoms with van der Waals surface area (Å²) in [6.45, 7) is 5.46. The minimum atomic E-state index is -1.37. The lowest BCUT2D eigenvalue weighted by Gasteiger charge is -2.59. The van der Waals surface area contributed by atoms with Gasteiger partial charge in [-0.05, 0) is 61.1 Å². The summed E-state index contributed by atoms with van der Waals surface area (Å²) < 4.78 is 36.2. The Morgan fingerprint density at radius 3 is 2.61 bits per heavy atom. The number of carbonyl (C=O) groups excluding carboxylic acids is 1. The highest BCUT2D eigenvalue weighted by atomic mass is 32.2. The highest BCUT2D eigenvalue weighted by molar-refractivity contribution is 7.99. The van der Waals surface area contributed by atoms with Gasteiger partial charge in [0, 0.05) is 53.6 Å². The Labute approximate surface area is 316 Å². The number of hydrogen-bond acceptors (Lipinski definition) is 15. The summed E-state index contributed by atoms with van der Waals surface area (Å²) in [5.74, 6) is 1.71. The molecule has 3 unspecified atom stereocenters. The second kappa shape index (κ2) is 12.8. The van der Waals surface area contributed by atoms with Crippen molar-refractivity contribution in [3.63, 3.8) is 0 Å². The van der Waals surface area contributed by atoms with Crippen molar-refractivity contribution in [3.05, 3.63) is 62.7 Å². The van der Waals surface area contributed by atoms with E-state index in [1.54, 1.807) is 12.1 Å². The van der Waals surface area contributed by atoms with Crippen LogP contribution >= 0.6 is 11.8 Å². The van der Waals surface area contributed by atoms with Crippen molar-refractivity contribution in [2.24, 2.45) is 0 Å². The highest BCUT2D eigenvalue weighted by Crippen LogP contribution is 2.63. The lowest BCUT2D eigenvalue weighted by molar-refractivity contribution is -0.170. The molecule has 2 saturated heterocycles. The van der Waals surface area contributed by atoms with Gasteiger partial charge >= 0.3 is 5.97 Å². The molecule has 0 saturated carbocycles. The Morgan fingerprint density at radius 1 is 1.07 bits per heavy atom. The summed E-state index contributed by atoms with van der Waals surface area (Å²) in [5, 5.41) is 52.7. The van der Waals surface area contributed by atoms with Crippen LogP contribution in [0, 0.1) is 25.2 Å². The van der Waals surface area contributed by atoms with Crippen molar-refractivity contribution >= 4 is 17.7 Å². The van der Waals surface area contributed by atoms with Gasteiger partial charge in [0.15, 0.2) is 40.8 Å². The monoisotopic (exact) mass is 758 g/mol. The van der Waals surface area contributed by atoms with Crippen molar-refractivity contribution in [3.8, 4) is 46.3 Å². The topological polar surface area (TPSA) is 184 Å². The van der Waals surface area contributed by atoms with E-state index in [1.807, 2.05) is 19.9 Å². The first-order valence-electron chi connectivity index (χ1n) is 18.1. The molecule has 10 rings (SSSR count). The van der Waals surface area contributed by atoms with E-state index in [0.29, 0.717) is 64.6 Å². The molecule has 3 aromatic carbocycles. The summed E-state index contributed by atoms with van der Waals surface area (Å²) in [4.78, 5) is 15.1. The third-order valence-electron chi connectivity index (χ3n) is 12.1. The standard InChI is InChI=1S/C39H42N4O10S/c1-16-8-20-9-22-23(12-40)43-24-13-50-38(47)39(21-11-26(48-4)25(45)10-19(21)6-7-41-39)14-54-37(31(43)30(42-22)27(20)32(46)33(16)49-5)29-28(24)36-35(51-15-52-36)17(2)34(29)53-18(3)44/h8,10-11,22-24,30-31,37-38,41-42,45-47H,6-7,9,13-15H2,1-5H3/t22-,23-,24-,30+,31?,37+,38?,39?/m0/s1. The second-order valence-electron chi connectivity index (χ2n) is 14.8. The molecule has 2 fully saturated rings. The normalized spacial score (nSPS) is 30.4. The van der Waals surface area contributed by atoms with Crippen molar-refractivity contribution < 1.29 is 48.5 Å². The van der Waals surface area contributed by atoms with Gasteiger partial charge in [0.05, 0.1) is 44.2 Å². The number of phenols is 2. The Bertz CT molecular complexity index is 2140. The highest BCUT2D eigenvalue weighted by Gasteiger charge is 2.60. The van der Waals surface area contributed by atoms with Crippen LogP contribution in [0.4, 0.5) is 0 Å². The number of rotatable bonds is 3.